The van der Waals surface area contributed by atoms with Crippen molar-refractivity contribution in [2.24, 2.45) is 5.84 Å². The van der Waals surface area contributed by atoms with Gasteiger partial charge in [0.15, 0.2) is 0 Å². The number of rotatable bonds is 5. The van der Waals surface area contributed by atoms with Crippen LogP contribution in [0.1, 0.15) is 64.1 Å². The van der Waals surface area contributed by atoms with Gasteiger partial charge in [0, 0.05) is 6.04 Å². The van der Waals surface area contributed by atoms with Crippen LogP contribution in [0.2, 0.25) is 0 Å². The van der Waals surface area contributed by atoms with Crippen molar-refractivity contribution in [3.63, 3.8) is 0 Å². The first-order valence-corrected chi connectivity index (χ1v) is 6.56. The molecule has 0 saturated heterocycles. The minimum absolute atomic E-state index is 0.165. The molecule has 0 spiro atoms. The Bertz CT molecular complexity index is 339. The van der Waals surface area contributed by atoms with E-state index in [4.69, 9.17) is 5.84 Å². The summed E-state index contributed by atoms with van der Waals surface area (Å²) in [7, 11) is 0. The van der Waals surface area contributed by atoms with Crippen LogP contribution in [0, 0.1) is 0 Å². The number of hydrogen-bond donors (Lipinski definition) is 2. The molecule has 3 N–H and O–H groups in total. The first-order valence-electron chi connectivity index (χ1n) is 6.56. The second-order valence-electron chi connectivity index (χ2n) is 5.70. The Balaban J connectivity index is 3.02. The van der Waals surface area contributed by atoms with E-state index >= 15 is 0 Å². The Morgan fingerprint density at radius 3 is 2.41 bits per heavy atom. The average molecular weight is 234 g/mol. The lowest BCUT2D eigenvalue weighted by molar-refractivity contribution is 0.478. The van der Waals surface area contributed by atoms with Gasteiger partial charge in [-0.3, -0.25) is 11.3 Å². The molecule has 0 bridgehead atoms. The number of nitrogens with two attached hydrogens (primary N) is 1. The van der Waals surface area contributed by atoms with Crippen LogP contribution in [-0.4, -0.2) is 0 Å². The van der Waals surface area contributed by atoms with E-state index in [9.17, 15) is 0 Å². The third kappa shape index (κ3) is 3.83. The van der Waals surface area contributed by atoms with Gasteiger partial charge in [0.2, 0.25) is 0 Å². The molecular formula is C15H26N2. The third-order valence-corrected chi connectivity index (χ3v) is 3.19. The summed E-state index contributed by atoms with van der Waals surface area (Å²) in [5, 5.41) is 0. The standard InChI is InChI=1S/C15H26N2/c1-5-6-11-14(17-16)12-9-7-8-10-13(12)15(2,3)4/h7-10,14,17H,5-6,11,16H2,1-4H3. The quantitative estimate of drug-likeness (QED) is 0.602. The molecule has 2 nitrogen and oxygen atoms in total. The van der Waals surface area contributed by atoms with Crippen molar-refractivity contribution in [1.29, 1.82) is 0 Å². The van der Waals surface area contributed by atoms with Crippen LogP contribution in [0.25, 0.3) is 0 Å². The smallest absolute Gasteiger partial charge is 0.0462 e. The molecule has 0 radical (unpaired) electrons. The van der Waals surface area contributed by atoms with E-state index < -0.39 is 0 Å². The highest BCUT2D eigenvalue weighted by atomic mass is 15.2. The van der Waals surface area contributed by atoms with E-state index in [2.05, 4.69) is 57.4 Å². The van der Waals surface area contributed by atoms with Gasteiger partial charge in [-0.1, -0.05) is 64.8 Å². The van der Waals surface area contributed by atoms with Gasteiger partial charge in [0.1, 0.15) is 0 Å². The maximum atomic E-state index is 5.71. The molecule has 2 heteroatoms. The van der Waals surface area contributed by atoms with Gasteiger partial charge in [-0.2, -0.15) is 0 Å². The molecule has 1 atom stereocenters. The SMILES string of the molecule is CCCCC(NN)c1ccccc1C(C)(C)C. The second kappa shape index (κ2) is 6.18. The highest BCUT2D eigenvalue weighted by Gasteiger charge is 2.21. The van der Waals surface area contributed by atoms with Crippen LogP contribution >= 0.6 is 0 Å². The van der Waals surface area contributed by atoms with Gasteiger partial charge in [0.05, 0.1) is 0 Å². The van der Waals surface area contributed by atoms with Crippen molar-refractivity contribution in [2.75, 3.05) is 0 Å². The maximum Gasteiger partial charge on any atom is 0.0462 e. The van der Waals surface area contributed by atoms with E-state index in [0.717, 1.165) is 6.42 Å². The topological polar surface area (TPSA) is 38.0 Å². The Kier molecular flexibility index (Phi) is 5.16. The number of hydrogen-bond acceptors (Lipinski definition) is 2. The summed E-state index contributed by atoms with van der Waals surface area (Å²) in [5.41, 5.74) is 5.86. The Morgan fingerprint density at radius 1 is 1.24 bits per heavy atom. The molecule has 0 aliphatic carbocycles. The average Bonchev–Trinajstić information content (AvgIpc) is 2.29. The first kappa shape index (κ1) is 14.2. The first-order chi connectivity index (χ1) is 8.00. The van der Waals surface area contributed by atoms with E-state index in [1.54, 1.807) is 0 Å². The van der Waals surface area contributed by atoms with Crippen molar-refractivity contribution >= 4 is 0 Å². The zero-order valence-corrected chi connectivity index (χ0v) is 11.6. The van der Waals surface area contributed by atoms with Crippen LogP contribution in [0.5, 0.6) is 0 Å². The predicted molar refractivity (Wildman–Crippen MR) is 74.7 cm³/mol. The van der Waals surface area contributed by atoms with Crippen LogP contribution in [-0.2, 0) is 5.41 Å². The molecule has 0 aromatic heterocycles. The van der Waals surface area contributed by atoms with Gasteiger partial charge < -0.3 is 0 Å². The third-order valence-electron chi connectivity index (χ3n) is 3.19. The van der Waals surface area contributed by atoms with Crippen molar-refractivity contribution in [2.45, 2.75) is 58.4 Å². The van der Waals surface area contributed by atoms with Crippen LogP contribution in [0.3, 0.4) is 0 Å². The molecule has 1 aromatic rings. The van der Waals surface area contributed by atoms with Crippen molar-refractivity contribution in [3.8, 4) is 0 Å². The van der Waals surface area contributed by atoms with Gasteiger partial charge in [0.25, 0.3) is 0 Å². The molecule has 17 heavy (non-hydrogen) atoms. The molecule has 1 aromatic carbocycles. The molecule has 0 fully saturated rings. The maximum absolute atomic E-state index is 5.71. The molecule has 96 valence electrons. The van der Waals surface area contributed by atoms with E-state index in [0.29, 0.717) is 0 Å². The summed E-state index contributed by atoms with van der Waals surface area (Å²) in [4.78, 5) is 0. The summed E-state index contributed by atoms with van der Waals surface area (Å²) in [6.07, 6.45) is 3.50. The predicted octanol–water partition coefficient (Wildman–Crippen LogP) is 3.68. The molecule has 0 aliphatic heterocycles. The largest absolute Gasteiger partial charge is 0.271 e. The lowest BCUT2D eigenvalue weighted by atomic mass is 9.81. The van der Waals surface area contributed by atoms with Gasteiger partial charge in [-0.05, 0) is 23.0 Å². The summed E-state index contributed by atoms with van der Waals surface area (Å²) >= 11 is 0. The van der Waals surface area contributed by atoms with E-state index in [1.807, 2.05) is 0 Å². The summed E-state index contributed by atoms with van der Waals surface area (Å²) in [6, 6.07) is 8.88. The van der Waals surface area contributed by atoms with E-state index in [1.165, 1.54) is 24.0 Å². The monoisotopic (exact) mass is 234 g/mol. The summed E-state index contributed by atoms with van der Waals surface area (Å²) < 4.78 is 0. The minimum atomic E-state index is 0.165. The van der Waals surface area contributed by atoms with Crippen LogP contribution in [0.15, 0.2) is 24.3 Å². The molecule has 0 amide bonds. The highest BCUT2D eigenvalue weighted by molar-refractivity contribution is 5.35. The molecule has 0 heterocycles. The Hall–Kier alpha value is -0.860. The fourth-order valence-corrected chi connectivity index (χ4v) is 2.22. The lowest BCUT2D eigenvalue weighted by Crippen LogP contribution is -2.30. The van der Waals surface area contributed by atoms with Gasteiger partial charge in [-0.15, -0.1) is 0 Å². The molecule has 1 rings (SSSR count). The zero-order chi connectivity index (χ0) is 12.9. The Morgan fingerprint density at radius 2 is 1.88 bits per heavy atom. The number of benzene rings is 1. The molecule has 1 unspecified atom stereocenters. The fourth-order valence-electron chi connectivity index (χ4n) is 2.22. The number of unbranched alkanes of at least 4 members (excludes halogenated alkanes) is 1. The van der Waals surface area contributed by atoms with Crippen LogP contribution < -0.4 is 11.3 Å². The molecule has 0 saturated carbocycles. The van der Waals surface area contributed by atoms with Gasteiger partial charge in [-0.25, -0.2) is 0 Å². The normalized spacial score (nSPS) is 13.7. The van der Waals surface area contributed by atoms with Crippen molar-refractivity contribution in [1.82, 2.24) is 5.43 Å². The van der Waals surface area contributed by atoms with Gasteiger partial charge >= 0.3 is 0 Å². The van der Waals surface area contributed by atoms with E-state index in [-0.39, 0.29) is 11.5 Å². The van der Waals surface area contributed by atoms with Crippen molar-refractivity contribution in [3.05, 3.63) is 35.4 Å². The highest BCUT2D eigenvalue weighted by Crippen LogP contribution is 2.31. The van der Waals surface area contributed by atoms with Crippen molar-refractivity contribution < 1.29 is 0 Å². The zero-order valence-electron chi connectivity index (χ0n) is 11.6. The summed E-state index contributed by atoms with van der Waals surface area (Å²) in [5.74, 6) is 5.71. The molecular weight excluding hydrogens is 208 g/mol. The Labute approximate surface area is 106 Å². The van der Waals surface area contributed by atoms with Crippen LogP contribution in [0.4, 0.5) is 0 Å². The second-order valence-corrected chi connectivity index (χ2v) is 5.70. The number of hydrazine groups is 1. The number of nitrogens with one attached hydrogen (secondary N) is 1. The molecule has 0 aliphatic rings. The minimum Gasteiger partial charge on any atom is -0.271 e. The summed E-state index contributed by atoms with van der Waals surface area (Å²) in [6.45, 7) is 8.96. The fraction of sp³-hybridized carbons (Fsp3) is 0.600. The lowest BCUT2D eigenvalue weighted by Gasteiger charge is -2.27.